The number of hydrogen-bond donors (Lipinski definition) is 1. The second-order valence-electron chi connectivity index (χ2n) is 4.53. The van der Waals surface area contributed by atoms with E-state index in [0.717, 1.165) is 11.1 Å². The average Bonchev–Trinajstić information content (AvgIpc) is 2.39. The molecule has 20 heavy (non-hydrogen) atoms. The predicted molar refractivity (Wildman–Crippen MR) is 79.3 cm³/mol. The van der Waals surface area contributed by atoms with E-state index >= 15 is 0 Å². The first kappa shape index (κ1) is 15.6. The first-order valence-electron chi connectivity index (χ1n) is 6.27. The average molecular weight is 270 g/mol. The van der Waals surface area contributed by atoms with E-state index in [0.29, 0.717) is 5.56 Å². The summed E-state index contributed by atoms with van der Waals surface area (Å²) >= 11 is 0. The third-order valence-electron chi connectivity index (χ3n) is 2.68. The number of phenols is 1. The summed E-state index contributed by atoms with van der Waals surface area (Å²) in [5.74, 6) is 0.229. The highest BCUT2D eigenvalue weighted by atomic mass is 16.3. The fourth-order valence-electron chi connectivity index (χ4n) is 1.59. The summed E-state index contributed by atoms with van der Waals surface area (Å²) in [6, 6.07) is 13.9. The maximum atomic E-state index is 10.8. The summed E-state index contributed by atoms with van der Waals surface area (Å²) in [4.78, 5) is 21.5. The van der Waals surface area contributed by atoms with Crippen LogP contribution in [0.5, 0.6) is 5.75 Å². The number of Topliss-reactive ketones (excluding diaryl/α,β-unsaturated/α-hetero) is 2. The van der Waals surface area contributed by atoms with Gasteiger partial charge in [-0.2, -0.15) is 0 Å². The van der Waals surface area contributed by atoms with Crippen molar-refractivity contribution < 1.29 is 14.7 Å². The Balaban J connectivity index is 0.000000200. The Labute approximate surface area is 118 Å². The maximum Gasteiger partial charge on any atom is 0.159 e. The minimum Gasteiger partial charge on any atom is -0.508 e. The van der Waals surface area contributed by atoms with Crippen molar-refractivity contribution in [3.8, 4) is 5.75 Å². The van der Waals surface area contributed by atoms with Crippen LogP contribution in [-0.2, 0) is 0 Å². The van der Waals surface area contributed by atoms with Crippen molar-refractivity contribution in [1.82, 2.24) is 0 Å². The van der Waals surface area contributed by atoms with Crippen LogP contribution < -0.4 is 0 Å². The van der Waals surface area contributed by atoms with Crippen LogP contribution in [0.15, 0.2) is 48.5 Å². The minimum absolute atomic E-state index is 0.0316. The van der Waals surface area contributed by atoms with Gasteiger partial charge < -0.3 is 5.11 Å². The van der Waals surface area contributed by atoms with E-state index < -0.39 is 0 Å². The fourth-order valence-corrected chi connectivity index (χ4v) is 1.59. The van der Waals surface area contributed by atoms with Gasteiger partial charge in [-0.1, -0.05) is 35.9 Å². The number of carbonyl (C=O) groups excluding carboxylic acids is 2. The smallest absolute Gasteiger partial charge is 0.159 e. The van der Waals surface area contributed by atoms with Crippen LogP contribution in [-0.4, -0.2) is 16.7 Å². The molecule has 2 aromatic carbocycles. The van der Waals surface area contributed by atoms with Gasteiger partial charge in [-0.15, -0.1) is 0 Å². The van der Waals surface area contributed by atoms with Crippen molar-refractivity contribution in [1.29, 1.82) is 0 Å². The van der Waals surface area contributed by atoms with E-state index in [-0.39, 0.29) is 17.3 Å². The number of rotatable bonds is 2. The molecule has 3 heteroatoms. The Hall–Kier alpha value is -2.42. The van der Waals surface area contributed by atoms with E-state index in [2.05, 4.69) is 0 Å². The molecule has 1 N–H and O–H groups in total. The molecule has 0 fully saturated rings. The monoisotopic (exact) mass is 270 g/mol. The molecule has 2 aromatic rings. The van der Waals surface area contributed by atoms with Gasteiger partial charge in [-0.05, 0) is 39.0 Å². The van der Waals surface area contributed by atoms with Crippen molar-refractivity contribution in [3.63, 3.8) is 0 Å². The van der Waals surface area contributed by atoms with Crippen molar-refractivity contribution in [2.75, 3.05) is 0 Å². The molecule has 0 bridgehead atoms. The molecule has 2 rings (SSSR count). The van der Waals surface area contributed by atoms with Gasteiger partial charge in [0.05, 0.1) is 0 Å². The molecule has 0 heterocycles. The van der Waals surface area contributed by atoms with Crippen LogP contribution in [0.1, 0.15) is 40.1 Å². The summed E-state index contributed by atoms with van der Waals surface area (Å²) in [5, 5.41) is 8.91. The summed E-state index contributed by atoms with van der Waals surface area (Å²) in [5.41, 5.74) is 2.47. The second kappa shape index (κ2) is 7.24. The fraction of sp³-hybridized carbons (Fsp3) is 0.176. The summed E-state index contributed by atoms with van der Waals surface area (Å²) in [6.07, 6.45) is 0. The Morgan fingerprint density at radius 2 is 1.35 bits per heavy atom. The molecule has 0 aliphatic carbocycles. The molecule has 0 atom stereocenters. The lowest BCUT2D eigenvalue weighted by molar-refractivity contribution is 0.100. The molecule has 3 nitrogen and oxygen atoms in total. The molecule has 0 aromatic heterocycles. The van der Waals surface area contributed by atoms with Gasteiger partial charge in [0.25, 0.3) is 0 Å². The van der Waals surface area contributed by atoms with Gasteiger partial charge in [-0.25, -0.2) is 0 Å². The van der Waals surface area contributed by atoms with Crippen LogP contribution in [0.4, 0.5) is 0 Å². The largest absolute Gasteiger partial charge is 0.508 e. The van der Waals surface area contributed by atoms with Crippen LogP contribution in [0.3, 0.4) is 0 Å². The molecule has 0 saturated carbocycles. The zero-order valence-corrected chi connectivity index (χ0v) is 11.9. The lowest BCUT2D eigenvalue weighted by Crippen LogP contribution is -1.90. The molecule has 0 amide bonds. The maximum absolute atomic E-state index is 10.8. The molecule has 0 spiro atoms. The Morgan fingerprint density at radius 1 is 0.850 bits per heavy atom. The Bertz CT molecular complexity index is 560. The standard InChI is InChI=1S/C9H10O.C8H8O2/c1-7-4-3-5-9(6-7)8(2)10;1-6(9)7-3-2-4-8(10)5-7/h3-6H,1-2H3;2-5,10H,1H3. The Kier molecular flexibility index (Phi) is 5.66. The van der Waals surface area contributed by atoms with Gasteiger partial charge >= 0.3 is 0 Å². The van der Waals surface area contributed by atoms with E-state index in [1.807, 2.05) is 31.2 Å². The number of benzene rings is 2. The van der Waals surface area contributed by atoms with Crippen molar-refractivity contribution in [3.05, 3.63) is 65.2 Å². The zero-order chi connectivity index (χ0) is 15.1. The number of hydrogen-bond acceptors (Lipinski definition) is 3. The van der Waals surface area contributed by atoms with Crippen molar-refractivity contribution in [2.45, 2.75) is 20.8 Å². The molecule has 0 saturated heterocycles. The SMILES string of the molecule is CC(=O)c1cccc(C)c1.CC(=O)c1cccc(O)c1. The van der Waals surface area contributed by atoms with Gasteiger partial charge in [0.1, 0.15) is 5.75 Å². The van der Waals surface area contributed by atoms with E-state index in [1.54, 1.807) is 19.1 Å². The van der Waals surface area contributed by atoms with Gasteiger partial charge in [0, 0.05) is 11.1 Å². The van der Waals surface area contributed by atoms with Crippen LogP contribution in [0.2, 0.25) is 0 Å². The van der Waals surface area contributed by atoms with Gasteiger partial charge in [-0.3, -0.25) is 9.59 Å². The number of aryl methyl sites for hydroxylation is 1. The van der Waals surface area contributed by atoms with Crippen molar-refractivity contribution >= 4 is 11.6 Å². The number of phenolic OH excluding ortho intramolecular Hbond substituents is 1. The number of carbonyl (C=O) groups is 2. The Morgan fingerprint density at radius 3 is 1.70 bits per heavy atom. The second-order valence-corrected chi connectivity index (χ2v) is 4.53. The highest BCUT2D eigenvalue weighted by Crippen LogP contribution is 2.10. The summed E-state index contributed by atoms with van der Waals surface area (Å²) in [6.45, 7) is 5.02. The van der Waals surface area contributed by atoms with Crippen LogP contribution >= 0.6 is 0 Å². The van der Waals surface area contributed by atoms with Gasteiger partial charge in [0.15, 0.2) is 11.6 Å². The third kappa shape index (κ3) is 5.06. The van der Waals surface area contributed by atoms with E-state index in [1.165, 1.54) is 19.1 Å². The third-order valence-corrected chi connectivity index (χ3v) is 2.68. The minimum atomic E-state index is -0.0316. The highest BCUT2D eigenvalue weighted by Gasteiger charge is 1.97. The molecule has 0 unspecified atom stereocenters. The zero-order valence-electron chi connectivity index (χ0n) is 11.9. The number of aromatic hydroxyl groups is 1. The van der Waals surface area contributed by atoms with E-state index in [9.17, 15) is 9.59 Å². The first-order chi connectivity index (χ1) is 9.40. The topological polar surface area (TPSA) is 54.4 Å². The normalized spacial score (nSPS) is 9.35. The molecular weight excluding hydrogens is 252 g/mol. The molecular formula is C17H18O3. The molecule has 0 aliphatic rings. The van der Waals surface area contributed by atoms with Crippen LogP contribution in [0, 0.1) is 6.92 Å². The molecule has 0 aliphatic heterocycles. The quantitative estimate of drug-likeness (QED) is 0.845. The summed E-state index contributed by atoms with van der Waals surface area (Å²) in [7, 11) is 0. The van der Waals surface area contributed by atoms with Gasteiger partial charge in [0.2, 0.25) is 0 Å². The van der Waals surface area contributed by atoms with E-state index in [4.69, 9.17) is 5.11 Å². The molecule has 104 valence electrons. The first-order valence-corrected chi connectivity index (χ1v) is 6.27. The highest BCUT2D eigenvalue weighted by molar-refractivity contribution is 5.94. The van der Waals surface area contributed by atoms with Crippen molar-refractivity contribution in [2.24, 2.45) is 0 Å². The lowest BCUT2D eigenvalue weighted by atomic mass is 10.1. The number of ketones is 2. The molecule has 0 radical (unpaired) electrons. The lowest BCUT2D eigenvalue weighted by Gasteiger charge is -1.94. The van der Waals surface area contributed by atoms with Crippen LogP contribution in [0.25, 0.3) is 0 Å². The summed E-state index contributed by atoms with van der Waals surface area (Å²) < 4.78 is 0. The predicted octanol–water partition coefficient (Wildman–Crippen LogP) is 3.79.